The minimum absolute atomic E-state index is 0.0355. The van der Waals surface area contributed by atoms with E-state index < -0.39 is 0 Å². The topological polar surface area (TPSA) is 108 Å². The van der Waals surface area contributed by atoms with Crippen molar-refractivity contribution >= 4 is 5.82 Å². The molecule has 0 amide bonds. The van der Waals surface area contributed by atoms with Gasteiger partial charge in [-0.15, -0.1) is 0 Å². The third kappa shape index (κ3) is 4.61. The van der Waals surface area contributed by atoms with Gasteiger partial charge in [-0.05, 0) is 6.92 Å². The third-order valence-corrected chi connectivity index (χ3v) is 2.25. The highest BCUT2D eigenvalue weighted by molar-refractivity contribution is 5.33. The molecule has 1 aromatic heterocycles. The van der Waals surface area contributed by atoms with E-state index >= 15 is 0 Å². The molecule has 7 heteroatoms. The molecule has 1 heterocycles. The van der Waals surface area contributed by atoms with Crippen LogP contribution in [0, 0.1) is 6.92 Å². The van der Waals surface area contributed by atoms with Crippen molar-refractivity contribution in [2.45, 2.75) is 13.5 Å². The summed E-state index contributed by atoms with van der Waals surface area (Å²) < 4.78 is 0. The number of nitrogens with two attached hydrogens (primary N) is 1. The minimum Gasteiger partial charge on any atom is -0.395 e. The van der Waals surface area contributed by atoms with Crippen molar-refractivity contribution in [1.82, 2.24) is 14.9 Å². The number of rotatable bonds is 7. The second-order valence-corrected chi connectivity index (χ2v) is 3.68. The van der Waals surface area contributed by atoms with Gasteiger partial charge >= 0.3 is 0 Å². The first-order chi connectivity index (χ1) is 8.19. The first-order valence-corrected chi connectivity index (χ1v) is 5.45. The molecule has 0 fully saturated rings. The molecule has 5 N–H and O–H groups in total. The molecule has 1 aromatic rings. The van der Waals surface area contributed by atoms with Gasteiger partial charge in [-0.25, -0.2) is 15.8 Å². The lowest BCUT2D eigenvalue weighted by Crippen LogP contribution is -2.30. The van der Waals surface area contributed by atoms with Gasteiger partial charge in [0.2, 0.25) is 0 Å². The van der Waals surface area contributed by atoms with Crippen LogP contribution in [0.15, 0.2) is 6.07 Å². The Balaban J connectivity index is 2.73. The number of nitrogens with zero attached hydrogens (tertiary/aromatic N) is 3. The number of hydrazine groups is 1. The van der Waals surface area contributed by atoms with Gasteiger partial charge in [0, 0.05) is 24.8 Å². The van der Waals surface area contributed by atoms with Crippen LogP contribution in [-0.4, -0.2) is 51.4 Å². The summed E-state index contributed by atoms with van der Waals surface area (Å²) in [4.78, 5) is 10.3. The lowest BCUT2D eigenvalue weighted by atomic mass is 10.4. The van der Waals surface area contributed by atoms with E-state index in [1.807, 2.05) is 11.8 Å². The average molecular weight is 241 g/mol. The predicted molar refractivity (Wildman–Crippen MR) is 64.0 cm³/mol. The van der Waals surface area contributed by atoms with E-state index in [1.165, 1.54) is 0 Å². The molecule has 0 unspecified atom stereocenters. The highest BCUT2D eigenvalue weighted by atomic mass is 16.3. The quantitative estimate of drug-likeness (QED) is 0.353. The molecule has 0 saturated heterocycles. The van der Waals surface area contributed by atoms with E-state index in [9.17, 15) is 0 Å². The minimum atomic E-state index is 0.0355. The molecule has 1 rings (SSSR count). The van der Waals surface area contributed by atoms with Gasteiger partial charge in [0.1, 0.15) is 11.6 Å². The van der Waals surface area contributed by atoms with Crippen LogP contribution in [0.25, 0.3) is 0 Å². The average Bonchev–Trinajstić information content (AvgIpc) is 2.29. The molecule has 7 nitrogen and oxygen atoms in total. The third-order valence-electron chi connectivity index (χ3n) is 2.25. The second-order valence-electron chi connectivity index (χ2n) is 3.68. The summed E-state index contributed by atoms with van der Waals surface area (Å²) in [5.41, 5.74) is 3.29. The normalized spacial score (nSPS) is 10.9. The molecule has 0 aliphatic carbocycles. The fourth-order valence-corrected chi connectivity index (χ4v) is 1.53. The Hall–Kier alpha value is -1.28. The number of hydrogen-bond donors (Lipinski definition) is 4. The van der Waals surface area contributed by atoms with Gasteiger partial charge in [0.25, 0.3) is 0 Å². The Morgan fingerprint density at radius 3 is 2.47 bits per heavy atom. The van der Waals surface area contributed by atoms with Gasteiger partial charge in [0.05, 0.1) is 19.8 Å². The molecule has 0 aliphatic heterocycles. The first-order valence-electron chi connectivity index (χ1n) is 5.45. The predicted octanol–water partition coefficient (Wildman–Crippen LogP) is -1.14. The Morgan fingerprint density at radius 1 is 1.29 bits per heavy atom. The summed E-state index contributed by atoms with van der Waals surface area (Å²) in [5, 5.41) is 17.8. The van der Waals surface area contributed by atoms with Crippen molar-refractivity contribution in [3.63, 3.8) is 0 Å². The lowest BCUT2D eigenvalue weighted by molar-refractivity contribution is 0.153. The van der Waals surface area contributed by atoms with Crippen molar-refractivity contribution in [2.24, 2.45) is 5.84 Å². The Kier molecular flexibility index (Phi) is 5.78. The molecular formula is C10H19N5O2. The van der Waals surface area contributed by atoms with E-state index in [4.69, 9.17) is 16.1 Å². The van der Waals surface area contributed by atoms with Gasteiger partial charge in [-0.3, -0.25) is 4.90 Å². The van der Waals surface area contributed by atoms with E-state index in [-0.39, 0.29) is 13.2 Å². The second kappa shape index (κ2) is 7.13. The van der Waals surface area contributed by atoms with E-state index in [2.05, 4.69) is 15.4 Å². The molecule has 0 spiro atoms. The fraction of sp³-hybridized carbons (Fsp3) is 0.600. The van der Waals surface area contributed by atoms with E-state index in [0.717, 1.165) is 5.69 Å². The number of aryl methyl sites for hydroxylation is 1. The van der Waals surface area contributed by atoms with Crippen LogP contribution in [0.3, 0.4) is 0 Å². The number of aromatic nitrogens is 2. The van der Waals surface area contributed by atoms with Crippen molar-refractivity contribution in [3.05, 3.63) is 17.6 Å². The summed E-state index contributed by atoms with van der Waals surface area (Å²) in [6.07, 6.45) is 0. The van der Waals surface area contributed by atoms with E-state index in [1.54, 1.807) is 6.07 Å². The van der Waals surface area contributed by atoms with Crippen LogP contribution in [0.2, 0.25) is 0 Å². The van der Waals surface area contributed by atoms with E-state index in [0.29, 0.717) is 31.3 Å². The monoisotopic (exact) mass is 241 g/mol. The highest BCUT2D eigenvalue weighted by Gasteiger charge is 2.08. The molecular weight excluding hydrogens is 222 g/mol. The number of anilines is 1. The smallest absolute Gasteiger partial charge is 0.145 e. The summed E-state index contributed by atoms with van der Waals surface area (Å²) in [5.74, 6) is 6.47. The summed E-state index contributed by atoms with van der Waals surface area (Å²) in [6.45, 7) is 3.35. The molecule has 0 atom stereocenters. The summed E-state index contributed by atoms with van der Waals surface area (Å²) in [7, 11) is 0. The molecule has 17 heavy (non-hydrogen) atoms. The summed E-state index contributed by atoms with van der Waals surface area (Å²) >= 11 is 0. The van der Waals surface area contributed by atoms with Gasteiger partial charge in [-0.2, -0.15) is 0 Å². The largest absolute Gasteiger partial charge is 0.395 e. The van der Waals surface area contributed by atoms with Crippen LogP contribution in [0.1, 0.15) is 11.5 Å². The standard InChI is InChI=1S/C10H19N5O2/c1-8-6-9(14-11)13-10(12-8)7-15(2-4-16)3-5-17/h6,16-17H,2-5,7,11H2,1H3,(H,12,13,14). The molecule has 0 aromatic carbocycles. The van der Waals surface area contributed by atoms with Crippen LogP contribution >= 0.6 is 0 Å². The Morgan fingerprint density at radius 2 is 1.94 bits per heavy atom. The molecule has 0 saturated carbocycles. The number of nitrogen functional groups attached to an aromatic ring is 1. The van der Waals surface area contributed by atoms with Crippen molar-refractivity contribution < 1.29 is 10.2 Å². The van der Waals surface area contributed by atoms with Crippen molar-refractivity contribution in [3.8, 4) is 0 Å². The number of aliphatic hydroxyl groups is 2. The highest BCUT2D eigenvalue weighted by Crippen LogP contribution is 2.06. The number of hydrogen-bond acceptors (Lipinski definition) is 7. The fourth-order valence-electron chi connectivity index (χ4n) is 1.53. The first kappa shape index (κ1) is 13.8. The molecule has 0 radical (unpaired) electrons. The molecule has 0 bridgehead atoms. The van der Waals surface area contributed by atoms with Crippen molar-refractivity contribution in [2.75, 3.05) is 31.7 Å². The maximum absolute atomic E-state index is 8.90. The maximum Gasteiger partial charge on any atom is 0.145 e. The van der Waals surface area contributed by atoms with Crippen LogP contribution in [0.5, 0.6) is 0 Å². The zero-order valence-electron chi connectivity index (χ0n) is 9.93. The van der Waals surface area contributed by atoms with Crippen molar-refractivity contribution in [1.29, 1.82) is 0 Å². The number of nitrogens with one attached hydrogen (secondary N) is 1. The Labute approximate surface area is 100 Å². The van der Waals surface area contributed by atoms with Crippen LogP contribution in [-0.2, 0) is 6.54 Å². The zero-order chi connectivity index (χ0) is 12.7. The maximum atomic E-state index is 8.90. The Bertz CT molecular complexity index is 341. The number of aliphatic hydroxyl groups excluding tert-OH is 2. The van der Waals surface area contributed by atoms with Crippen LogP contribution in [0.4, 0.5) is 5.82 Å². The molecule has 0 aliphatic rings. The summed E-state index contributed by atoms with van der Waals surface area (Å²) in [6, 6.07) is 1.74. The van der Waals surface area contributed by atoms with Gasteiger partial charge in [0.15, 0.2) is 0 Å². The van der Waals surface area contributed by atoms with Crippen LogP contribution < -0.4 is 11.3 Å². The van der Waals surface area contributed by atoms with Gasteiger partial charge < -0.3 is 15.6 Å². The molecule has 96 valence electrons. The zero-order valence-corrected chi connectivity index (χ0v) is 9.93. The SMILES string of the molecule is Cc1cc(NN)nc(CN(CCO)CCO)n1. The lowest BCUT2D eigenvalue weighted by Gasteiger charge is -2.19. The van der Waals surface area contributed by atoms with Gasteiger partial charge in [-0.1, -0.05) is 0 Å².